The van der Waals surface area contributed by atoms with Crippen LogP contribution in [0.15, 0.2) is 42.5 Å². The predicted molar refractivity (Wildman–Crippen MR) is 115 cm³/mol. The van der Waals surface area contributed by atoms with Crippen molar-refractivity contribution in [2.75, 3.05) is 10.6 Å². The van der Waals surface area contributed by atoms with E-state index in [9.17, 15) is 9.59 Å². The number of rotatable bonds is 6. The van der Waals surface area contributed by atoms with Gasteiger partial charge in [0.05, 0.1) is 17.1 Å². The maximum atomic E-state index is 12.1. The van der Waals surface area contributed by atoms with Gasteiger partial charge in [0.1, 0.15) is 0 Å². The third-order valence-electron chi connectivity index (χ3n) is 3.51. The Morgan fingerprint density at radius 2 is 1.70 bits per heavy atom. The van der Waals surface area contributed by atoms with Gasteiger partial charge in [0.15, 0.2) is 5.11 Å². The van der Waals surface area contributed by atoms with Gasteiger partial charge in [-0.05, 0) is 54.5 Å². The van der Waals surface area contributed by atoms with E-state index in [0.29, 0.717) is 27.8 Å². The van der Waals surface area contributed by atoms with Crippen molar-refractivity contribution >= 4 is 63.7 Å². The van der Waals surface area contributed by atoms with Crippen LogP contribution in [0.4, 0.5) is 11.4 Å². The minimum absolute atomic E-state index is 0.0791. The molecule has 2 amide bonds. The number of thiocarbonyl (C=S) groups is 1. The number of amides is 2. The molecule has 0 radical (unpaired) electrons. The molecule has 2 aromatic rings. The van der Waals surface area contributed by atoms with Gasteiger partial charge in [0.2, 0.25) is 11.8 Å². The Balaban J connectivity index is 1.95. The molecule has 0 aliphatic carbocycles. The van der Waals surface area contributed by atoms with Crippen LogP contribution >= 0.6 is 35.4 Å². The van der Waals surface area contributed by atoms with Crippen LogP contribution in [0.1, 0.15) is 25.3 Å². The highest BCUT2D eigenvalue weighted by Gasteiger charge is 2.10. The summed E-state index contributed by atoms with van der Waals surface area (Å²) in [5, 5.41) is 9.40. The minimum Gasteiger partial charge on any atom is -0.331 e. The number of benzene rings is 2. The fourth-order valence-electron chi connectivity index (χ4n) is 2.26. The molecule has 0 saturated carbocycles. The van der Waals surface area contributed by atoms with E-state index >= 15 is 0 Å². The van der Waals surface area contributed by atoms with Crippen molar-refractivity contribution in [1.29, 1.82) is 0 Å². The predicted octanol–water partition coefficient (Wildman–Crippen LogP) is 4.79. The summed E-state index contributed by atoms with van der Waals surface area (Å²) in [4.78, 5) is 23.8. The normalized spacial score (nSPS) is 10.2. The van der Waals surface area contributed by atoms with E-state index in [2.05, 4.69) is 16.0 Å². The van der Waals surface area contributed by atoms with Gasteiger partial charge in [-0.15, -0.1) is 0 Å². The maximum absolute atomic E-state index is 12.1. The highest BCUT2D eigenvalue weighted by molar-refractivity contribution is 7.80. The molecule has 142 valence electrons. The largest absolute Gasteiger partial charge is 0.331 e. The number of hydrogen-bond acceptors (Lipinski definition) is 3. The summed E-state index contributed by atoms with van der Waals surface area (Å²) in [7, 11) is 0. The van der Waals surface area contributed by atoms with Crippen LogP contribution in [0.2, 0.25) is 10.0 Å². The average molecular weight is 424 g/mol. The molecular formula is C19H19Cl2N3O2S. The summed E-state index contributed by atoms with van der Waals surface area (Å²) >= 11 is 17.2. The molecule has 0 aliphatic rings. The number of nitrogens with one attached hydrogen (secondary N) is 3. The van der Waals surface area contributed by atoms with E-state index in [4.69, 9.17) is 35.4 Å². The molecule has 0 bridgehead atoms. The first-order chi connectivity index (χ1) is 12.9. The summed E-state index contributed by atoms with van der Waals surface area (Å²) in [6, 6.07) is 12.0. The smallest absolute Gasteiger partial charge is 0.230 e. The highest BCUT2D eigenvalue weighted by atomic mass is 35.5. The lowest BCUT2D eigenvalue weighted by atomic mass is 10.1. The molecular weight excluding hydrogens is 405 g/mol. The fraction of sp³-hybridized carbons (Fsp3) is 0.211. The van der Waals surface area contributed by atoms with Gasteiger partial charge in [-0.25, -0.2) is 0 Å². The number of hydrogen-bond donors (Lipinski definition) is 3. The number of anilines is 2. The van der Waals surface area contributed by atoms with E-state index in [1.165, 1.54) is 0 Å². The molecule has 8 heteroatoms. The molecule has 0 saturated heterocycles. The Morgan fingerprint density at radius 1 is 1.00 bits per heavy atom. The van der Waals surface area contributed by atoms with Gasteiger partial charge in [-0.3, -0.25) is 9.59 Å². The number of carbonyl (C=O) groups is 2. The van der Waals surface area contributed by atoms with Gasteiger partial charge in [0.25, 0.3) is 0 Å². The second-order valence-electron chi connectivity index (χ2n) is 5.80. The monoisotopic (exact) mass is 423 g/mol. The standard InChI is InChI=1S/C19H19Cl2N3O2S/c1-2-3-17(25)22-14-8-9-15(21)16(11-14)23-19(27)24-18(26)10-12-4-6-13(20)7-5-12/h4-9,11H,2-3,10H2,1H3,(H,22,25)(H2,23,24,26,27). The van der Waals surface area contributed by atoms with Gasteiger partial charge in [0, 0.05) is 17.1 Å². The van der Waals surface area contributed by atoms with Crippen LogP contribution in [0, 0.1) is 0 Å². The summed E-state index contributed by atoms with van der Waals surface area (Å²) in [6.45, 7) is 1.93. The lowest BCUT2D eigenvalue weighted by Gasteiger charge is -2.13. The van der Waals surface area contributed by atoms with Gasteiger partial charge < -0.3 is 16.0 Å². The second-order valence-corrected chi connectivity index (χ2v) is 7.05. The Bertz CT molecular complexity index is 841. The van der Waals surface area contributed by atoms with Crippen LogP contribution in [0.3, 0.4) is 0 Å². The molecule has 0 fully saturated rings. The Kier molecular flexibility index (Phi) is 8.03. The van der Waals surface area contributed by atoms with E-state index < -0.39 is 0 Å². The van der Waals surface area contributed by atoms with Crippen LogP contribution < -0.4 is 16.0 Å². The third-order valence-corrected chi connectivity index (χ3v) is 4.29. The molecule has 3 N–H and O–H groups in total. The lowest BCUT2D eigenvalue weighted by Crippen LogP contribution is -2.35. The molecule has 2 aromatic carbocycles. The molecule has 0 unspecified atom stereocenters. The summed E-state index contributed by atoms with van der Waals surface area (Å²) < 4.78 is 0. The molecule has 27 heavy (non-hydrogen) atoms. The molecule has 0 aromatic heterocycles. The molecule has 0 heterocycles. The average Bonchev–Trinajstić information content (AvgIpc) is 2.60. The summed E-state index contributed by atoms with van der Waals surface area (Å²) in [5.74, 6) is -0.344. The first-order valence-corrected chi connectivity index (χ1v) is 9.48. The van der Waals surface area contributed by atoms with Crippen molar-refractivity contribution in [1.82, 2.24) is 5.32 Å². The SMILES string of the molecule is CCCC(=O)Nc1ccc(Cl)c(NC(=S)NC(=O)Cc2ccc(Cl)cc2)c1. The highest BCUT2D eigenvalue weighted by Crippen LogP contribution is 2.25. The molecule has 5 nitrogen and oxygen atoms in total. The van der Waals surface area contributed by atoms with Crippen molar-refractivity contribution in [3.05, 3.63) is 58.1 Å². The third kappa shape index (κ3) is 7.17. The summed E-state index contributed by atoms with van der Waals surface area (Å²) in [6.07, 6.45) is 1.36. The van der Waals surface area contributed by atoms with E-state index in [1.807, 2.05) is 6.92 Å². The quantitative estimate of drug-likeness (QED) is 0.584. The zero-order valence-electron chi connectivity index (χ0n) is 14.6. The van der Waals surface area contributed by atoms with Gasteiger partial charge >= 0.3 is 0 Å². The van der Waals surface area contributed by atoms with E-state index in [0.717, 1.165) is 12.0 Å². The van der Waals surface area contributed by atoms with Crippen molar-refractivity contribution in [2.45, 2.75) is 26.2 Å². The van der Waals surface area contributed by atoms with Crippen LogP contribution in [0.25, 0.3) is 0 Å². The minimum atomic E-state index is -0.265. The van der Waals surface area contributed by atoms with E-state index in [1.54, 1.807) is 42.5 Å². The van der Waals surface area contributed by atoms with Gasteiger partial charge in [-0.2, -0.15) is 0 Å². The molecule has 2 rings (SSSR count). The van der Waals surface area contributed by atoms with Crippen molar-refractivity contribution in [3.63, 3.8) is 0 Å². The van der Waals surface area contributed by atoms with Crippen LogP contribution in [0.5, 0.6) is 0 Å². The van der Waals surface area contributed by atoms with Crippen LogP contribution in [-0.2, 0) is 16.0 Å². The maximum Gasteiger partial charge on any atom is 0.230 e. The van der Waals surface area contributed by atoms with E-state index in [-0.39, 0.29) is 23.3 Å². The topological polar surface area (TPSA) is 70.2 Å². The first kappa shape index (κ1) is 21.2. The zero-order valence-corrected chi connectivity index (χ0v) is 17.0. The Hall–Kier alpha value is -2.15. The lowest BCUT2D eigenvalue weighted by molar-refractivity contribution is -0.119. The Labute approximate surface area is 173 Å². The Morgan fingerprint density at radius 3 is 2.37 bits per heavy atom. The zero-order chi connectivity index (χ0) is 19.8. The summed E-state index contributed by atoms with van der Waals surface area (Å²) in [5.41, 5.74) is 1.90. The first-order valence-electron chi connectivity index (χ1n) is 8.32. The fourth-order valence-corrected chi connectivity index (χ4v) is 2.78. The van der Waals surface area contributed by atoms with Crippen LogP contribution in [-0.4, -0.2) is 16.9 Å². The number of halogens is 2. The molecule has 0 spiro atoms. The number of carbonyl (C=O) groups excluding carboxylic acids is 2. The van der Waals surface area contributed by atoms with Crippen molar-refractivity contribution < 1.29 is 9.59 Å². The van der Waals surface area contributed by atoms with Crippen molar-refractivity contribution in [2.24, 2.45) is 0 Å². The second kappa shape index (κ2) is 10.3. The van der Waals surface area contributed by atoms with Crippen molar-refractivity contribution in [3.8, 4) is 0 Å². The molecule has 0 atom stereocenters. The van der Waals surface area contributed by atoms with Gasteiger partial charge in [-0.1, -0.05) is 42.3 Å². The molecule has 0 aliphatic heterocycles.